The average molecular weight is 437 g/mol. The summed E-state index contributed by atoms with van der Waals surface area (Å²) in [5.74, 6) is -0.569. The van der Waals surface area contributed by atoms with Crippen molar-refractivity contribution in [2.75, 3.05) is 31.0 Å². The molecule has 0 bridgehead atoms. The molecule has 7 nitrogen and oxygen atoms in total. The van der Waals surface area contributed by atoms with Gasteiger partial charge in [-0.15, -0.1) is 0 Å². The summed E-state index contributed by atoms with van der Waals surface area (Å²) in [6.07, 6.45) is 0. The fourth-order valence-electron chi connectivity index (χ4n) is 2.43. The van der Waals surface area contributed by atoms with E-state index in [2.05, 4.69) is 10.6 Å². The molecule has 29 heavy (non-hydrogen) atoms. The number of esters is 2. The molecule has 0 aromatic heterocycles. The zero-order valence-corrected chi connectivity index (χ0v) is 17.8. The quantitative estimate of drug-likeness (QED) is 0.484. The van der Waals surface area contributed by atoms with Crippen molar-refractivity contribution >= 4 is 52.2 Å². The second-order valence-corrected chi connectivity index (χ2v) is 6.51. The van der Waals surface area contributed by atoms with Gasteiger partial charge in [0.05, 0.1) is 37.1 Å². The number of nitrogens with one attached hydrogen (secondary N) is 2. The summed E-state index contributed by atoms with van der Waals surface area (Å²) in [6.45, 7) is 3.81. The Labute approximate surface area is 179 Å². The summed E-state index contributed by atoms with van der Waals surface area (Å²) in [7, 11) is 1.53. The molecule has 0 atom stereocenters. The van der Waals surface area contributed by atoms with Crippen LogP contribution in [0.2, 0.25) is 5.02 Å². The second-order valence-electron chi connectivity index (χ2n) is 5.66. The molecule has 0 aliphatic carbocycles. The number of rotatable bonds is 7. The first-order valence-electron chi connectivity index (χ1n) is 8.78. The fourth-order valence-corrected chi connectivity index (χ4v) is 2.83. The highest BCUT2D eigenvalue weighted by Crippen LogP contribution is 2.28. The number of methoxy groups -OCH3 is 1. The number of hydrogen-bond acceptors (Lipinski definition) is 6. The van der Waals surface area contributed by atoms with E-state index in [1.54, 1.807) is 32.0 Å². The summed E-state index contributed by atoms with van der Waals surface area (Å²) in [6, 6.07) is 9.53. The van der Waals surface area contributed by atoms with Gasteiger partial charge in [0.15, 0.2) is 5.11 Å². The minimum absolute atomic E-state index is 0.197. The van der Waals surface area contributed by atoms with Gasteiger partial charge in [-0.2, -0.15) is 0 Å². The van der Waals surface area contributed by atoms with Crippen LogP contribution in [0.15, 0.2) is 36.4 Å². The van der Waals surface area contributed by atoms with Crippen LogP contribution in [0.4, 0.5) is 11.4 Å². The number of carbonyl (C=O) groups is 2. The molecule has 0 saturated heterocycles. The molecule has 0 spiro atoms. The van der Waals surface area contributed by atoms with Gasteiger partial charge >= 0.3 is 11.9 Å². The Kier molecular flexibility index (Phi) is 8.23. The summed E-state index contributed by atoms with van der Waals surface area (Å²) < 4.78 is 15.3. The van der Waals surface area contributed by atoms with Crippen molar-refractivity contribution in [1.29, 1.82) is 0 Å². The first kappa shape index (κ1) is 22.4. The summed E-state index contributed by atoms with van der Waals surface area (Å²) >= 11 is 11.4. The van der Waals surface area contributed by atoms with Crippen LogP contribution in [0.25, 0.3) is 0 Å². The number of thiocarbonyl (C=S) groups is 1. The number of carbonyl (C=O) groups excluding carboxylic acids is 2. The molecule has 154 valence electrons. The highest BCUT2D eigenvalue weighted by molar-refractivity contribution is 7.80. The molecule has 2 N–H and O–H groups in total. The molecule has 0 heterocycles. The average Bonchev–Trinajstić information content (AvgIpc) is 2.68. The number of hydrogen-bond donors (Lipinski definition) is 2. The maximum Gasteiger partial charge on any atom is 0.338 e. The van der Waals surface area contributed by atoms with Gasteiger partial charge in [-0.05, 0) is 62.5 Å². The van der Waals surface area contributed by atoms with E-state index in [0.29, 0.717) is 22.1 Å². The van der Waals surface area contributed by atoms with Crippen molar-refractivity contribution in [3.8, 4) is 5.75 Å². The minimum Gasteiger partial charge on any atom is -0.495 e. The van der Waals surface area contributed by atoms with Gasteiger partial charge in [0.25, 0.3) is 0 Å². The third-order valence-electron chi connectivity index (χ3n) is 3.62. The lowest BCUT2D eigenvalue weighted by atomic mass is 10.1. The first-order chi connectivity index (χ1) is 13.9. The first-order valence-corrected chi connectivity index (χ1v) is 9.57. The Morgan fingerprint density at radius 3 is 2.07 bits per heavy atom. The second kappa shape index (κ2) is 10.6. The predicted octanol–water partition coefficient (Wildman–Crippen LogP) is 4.51. The molecule has 0 aliphatic heterocycles. The molecule has 2 aromatic carbocycles. The van der Waals surface area contributed by atoms with E-state index in [9.17, 15) is 9.59 Å². The zero-order valence-electron chi connectivity index (χ0n) is 16.2. The molecule has 2 rings (SSSR count). The topological polar surface area (TPSA) is 85.9 Å². The Hall–Kier alpha value is -2.84. The summed E-state index contributed by atoms with van der Waals surface area (Å²) in [4.78, 5) is 24.3. The zero-order chi connectivity index (χ0) is 21.4. The van der Waals surface area contributed by atoms with Crippen LogP contribution < -0.4 is 15.4 Å². The number of halogens is 1. The summed E-state index contributed by atoms with van der Waals surface area (Å²) in [5.41, 5.74) is 1.37. The van der Waals surface area contributed by atoms with Crippen LogP contribution in [-0.4, -0.2) is 37.4 Å². The van der Waals surface area contributed by atoms with Gasteiger partial charge < -0.3 is 24.8 Å². The van der Waals surface area contributed by atoms with Gasteiger partial charge in [-0.1, -0.05) is 11.6 Å². The van der Waals surface area contributed by atoms with E-state index in [4.69, 9.17) is 38.0 Å². The molecule has 0 amide bonds. The van der Waals surface area contributed by atoms with E-state index < -0.39 is 11.9 Å². The maximum absolute atomic E-state index is 12.1. The minimum atomic E-state index is -0.558. The van der Waals surface area contributed by atoms with Crippen LogP contribution in [-0.2, 0) is 9.47 Å². The molecule has 0 radical (unpaired) electrons. The molecule has 0 fully saturated rings. The SMILES string of the molecule is CCOC(=O)c1cc(NC(=S)Nc2cc(Cl)ccc2OC)cc(C(=O)OCC)c1. The van der Waals surface area contributed by atoms with Gasteiger partial charge in [0.2, 0.25) is 0 Å². The smallest absolute Gasteiger partial charge is 0.338 e. The van der Waals surface area contributed by atoms with Gasteiger partial charge in [-0.25, -0.2) is 9.59 Å². The van der Waals surface area contributed by atoms with Crippen LogP contribution in [0, 0.1) is 0 Å². The van der Waals surface area contributed by atoms with E-state index in [0.717, 1.165) is 0 Å². The van der Waals surface area contributed by atoms with Crippen LogP contribution in [0.5, 0.6) is 5.75 Å². The molecule has 0 aliphatic rings. The van der Waals surface area contributed by atoms with Crippen molar-refractivity contribution < 1.29 is 23.8 Å². The van der Waals surface area contributed by atoms with Crippen LogP contribution >= 0.6 is 23.8 Å². The van der Waals surface area contributed by atoms with Crippen molar-refractivity contribution in [2.45, 2.75) is 13.8 Å². The molecule has 0 unspecified atom stereocenters. The third kappa shape index (κ3) is 6.33. The van der Waals surface area contributed by atoms with E-state index in [1.807, 2.05) is 0 Å². The van der Waals surface area contributed by atoms with Gasteiger partial charge in [0, 0.05) is 10.7 Å². The van der Waals surface area contributed by atoms with E-state index in [1.165, 1.54) is 25.3 Å². The number of benzene rings is 2. The molecular formula is C20H21ClN2O5S. The molecule has 0 saturated carbocycles. The lowest BCUT2D eigenvalue weighted by Crippen LogP contribution is -2.20. The van der Waals surface area contributed by atoms with Gasteiger partial charge in [0.1, 0.15) is 5.75 Å². The Balaban J connectivity index is 2.28. The van der Waals surface area contributed by atoms with Gasteiger partial charge in [-0.3, -0.25) is 0 Å². The van der Waals surface area contributed by atoms with Crippen LogP contribution in [0.1, 0.15) is 34.6 Å². The fraction of sp³-hybridized carbons (Fsp3) is 0.250. The number of anilines is 2. The van der Waals surface area contributed by atoms with Crippen molar-refractivity contribution in [1.82, 2.24) is 0 Å². The molecule has 9 heteroatoms. The lowest BCUT2D eigenvalue weighted by molar-refractivity contribution is 0.0525. The monoisotopic (exact) mass is 436 g/mol. The number of ether oxygens (including phenoxy) is 3. The molecular weight excluding hydrogens is 416 g/mol. The lowest BCUT2D eigenvalue weighted by Gasteiger charge is -2.15. The normalized spacial score (nSPS) is 10.1. The predicted molar refractivity (Wildman–Crippen MR) is 116 cm³/mol. The van der Waals surface area contributed by atoms with E-state index in [-0.39, 0.29) is 29.5 Å². The highest BCUT2D eigenvalue weighted by atomic mass is 35.5. The van der Waals surface area contributed by atoms with Crippen molar-refractivity contribution in [3.63, 3.8) is 0 Å². The summed E-state index contributed by atoms with van der Waals surface area (Å²) in [5, 5.41) is 6.63. The largest absolute Gasteiger partial charge is 0.495 e. The highest BCUT2D eigenvalue weighted by Gasteiger charge is 2.15. The van der Waals surface area contributed by atoms with E-state index >= 15 is 0 Å². The van der Waals surface area contributed by atoms with Crippen molar-refractivity contribution in [3.05, 3.63) is 52.5 Å². The molecule has 2 aromatic rings. The Morgan fingerprint density at radius 2 is 1.55 bits per heavy atom. The Bertz CT molecular complexity index is 883. The standard InChI is InChI=1S/C20H21ClN2O5S/c1-4-27-18(24)12-8-13(19(25)28-5-2)10-15(9-12)22-20(29)23-16-11-14(21)6-7-17(16)26-3/h6-11H,4-5H2,1-3H3,(H2,22,23,29). The van der Waals surface area contributed by atoms with Crippen molar-refractivity contribution in [2.24, 2.45) is 0 Å². The third-order valence-corrected chi connectivity index (χ3v) is 4.06. The van der Waals surface area contributed by atoms with Crippen LogP contribution in [0.3, 0.4) is 0 Å². The maximum atomic E-state index is 12.1. The Morgan fingerprint density at radius 1 is 0.966 bits per heavy atom.